The van der Waals surface area contributed by atoms with Crippen LogP contribution in [0.15, 0.2) is 70.1 Å². The minimum absolute atomic E-state index is 0.368. The van der Waals surface area contributed by atoms with Crippen LogP contribution in [-0.2, 0) is 7.05 Å². The van der Waals surface area contributed by atoms with Gasteiger partial charge >= 0.3 is 0 Å². The second-order valence-corrected chi connectivity index (χ2v) is 6.24. The van der Waals surface area contributed by atoms with Crippen molar-refractivity contribution in [1.29, 1.82) is 0 Å². The first-order valence-corrected chi connectivity index (χ1v) is 8.41. The fourth-order valence-electron chi connectivity index (χ4n) is 2.98. The molecule has 27 heavy (non-hydrogen) atoms. The number of aromatic hydroxyl groups is 1. The first-order valence-electron chi connectivity index (χ1n) is 8.41. The number of oxazole rings is 1. The van der Waals surface area contributed by atoms with Crippen LogP contribution in [0.3, 0.4) is 0 Å². The number of aryl methyl sites for hydroxylation is 1. The lowest BCUT2D eigenvalue weighted by molar-refractivity contribution is 0.457. The van der Waals surface area contributed by atoms with E-state index in [1.807, 2.05) is 55.5 Å². The quantitative estimate of drug-likeness (QED) is 0.602. The van der Waals surface area contributed by atoms with Gasteiger partial charge in [0, 0.05) is 25.1 Å². The third-order valence-corrected chi connectivity index (χ3v) is 4.37. The normalized spacial score (nSPS) is 10.9. The molecule has 1 N–H and O–H groups in total. The van der Waals surface area contributed by atoms with E-state index in [2.05, 4.69) is 9.97 Å². The van der Waals surface area contributed by atoms with Crippen molar-refractivity contribution < 1.29 is 9.52 Å². The Morgan fingerprint density at radius 1 is 0.926 bits per heavy atom. The van der Waals surface area contributed by atoms with Crippen LogP contribution in [0.2, 0.25) is 0 Å². The number of aromatic nitrogens is 3. The standard InChI is InChI=1S/C21H17N3O3/c1-13-22-12-19(27-13)16-7-3-5-14(9-16)15-6-4-8-17(10-15)20-23-11-18(25)21(26)24(20)2/h3-12,25H,1-2H3. The van der Waals surface area contributed by atoms with Crippen LogP contribution in [0.5, 0.6) is 5.75 Å². The lowest BCUT2D eigenvalue weighted by atomic mass is 10.00. The molecule has 0 atom stereocenters. The summed E-state index contributed by atoms with van der Waals surface area (Å²) < 4.78 is 6.95. The fourth-order valence-corrected chi connectivity index (χ4v) is 2.98. The molecule has 2 aromatic carbocycles. The predicted molar refractivity (Wildman–Crippen MR) is 102 cm³/mol. The van der Waals surface area contributed by atoms with Crippen LogP contribution in [0.1, 0.15) is 5.89 Å². The number of benzene rings is 2. The maximum Gasteiger partial charge on any atom is 0.295 e. The molecular formula is C21H17N3O3. The molecule has 0 aliphatic rings. The number of rotatable bonds is 3. The van der Waals surface area contributed by atoms with Crippen molar-refractivity contribution in [3.8, 4) is 39.6 Å². The highest BCUT2D eigenvalue weighted by Crippen LogP contribution is 2.29. The molecule has 0 amide bonds. The fraction of sp³-hybridized carbons (Fsp3) is 0.0952. The van der Waals surface area contributed by atoms with E-state index in [0.29, 0.717) is 17.5 Å². The molecular weight excluding hydrogens is 342 g/mol. The molecule has 4 rings (SSSR count). The van der Waals surface area contributed by atoms with E-state index in [1.54, 1.807) is 13.2 Å². The Morgan fingerprint density at radius 3 is 2.22 bits per heavy atom. The van der Waals surface area contributed by atoms with Crippen molar-refractivity contribution in [2.24, 2.45) is 7.05 Å². The van der Waals surface area contributed by atoms with Crippen molar-refractivity contribution >= 4 is 0 Å². The highest BCUT2D eigenvalue weighted by Gasteiger charge is 2.10. The molecule has 134 valence electrons. The Morgan fingerprint density at radius 2 is 1.56 bits per heavy atom. The van der Waals surface area contributed by atoms with Gasteiger partial charge in [0.15, 0.2) is 17.4 Å². The number of hydrogen-bond donors (Lipinski definition) is 1. The van der Waals surface area contributed by atoms with Gasteiger partial charge in [0.1, 0.15) is 5.82 Å². The van der Waals surface area contributed by atoms with Gasteiger partial charge < -0.3 is 9.52 Å². The first-order chi connectivity index (χ1) is 13.0. The molecule has 0 bridgehead atoms. The number of hydrogen-bond acceptors (Lipinski definition) is 5. The van der Waals surface area contributed by atoms with E-state index in [1.165, 1.54) is 10.8 Å². The SMILES string of the molecule is Cc1ncc(-c2cccc(-c3cccc(-c4ncc(O)c(=O)n4C)c3)c2)o1. The van der Waals surface area contributed by atoms with Crippen molar-refractivity contribution in [3.05, 3.63) is 77.2 Å². The largest absolute Gasteiger partial charge is 0.502 e. The van der Waals surface area contributed by atoms with Crippen molar-refractivity contribution in [2.75, 3.05) is 0 Å². The molecule has 0 unspecified atom stereocenters. The van der Waals surface area contributed by atoms with Crippen molar-refractivity contribution in [3.63, 3.8) is 0 Å². The van der Waals surface area contributed by atoms with E-state index >= 15 is 0 Å². The highest BCUT2D eigenvalue weighted by atomic mass is 16.4. The van der Waals surface area contributed by atoms with Crippen molar-refractivity contribution in [1.82, 2.24) is 14.5 Å². The summed E-state index contributed by atoms with van der Waals surface area (Å²) in [5.74, 6) is 1.46. The molecule has 2 aromatic heterocycles. The second-order valence-electron chi connectivity index (χ2n) is 6.24. The number of nitrogens with zero attached hydrogens (tertiary/aromatic N) is 3. The van der Waals surface area contributed by atoms with Crippen molar-refractivity contribution in [2.45, 2.75) is 6.92 Å². The molecule has 0 saturated carbocycles. The predicted octanol–water partition coefficient (Wildman–Crippen LogP) is 3.78. The zero-order valence-corrected chi connectivity index (χ0v) is 14.9. The minimum atomic E-state index is -0.479. The molecule has 0 radical (unpaired) electrons. The average molecular weight is 359 g/mol. The van der Waals surface area contributed by atoms with Gasteiger partial charge in [-0.05, 0) is 23.3 Å². The van der Waals surface area contributed by atoms with E-state index in [-0.39, 0.29) is 5.75 Å². The van der Waals surface area contributed by atoms with Crippen LogP contribution < -0.4 is 5.56 Å². The lowest BCUT2D eigenvalue weighted by Gasteiger charge is -2.10. The first kappa shape index (κ1) is 16.8. The Hall–Kier alpha value is -3.67. The summed E-state index contributed by atoms with van der Waals surface area (Å²) in [6.45, 7) is 1.81. The van der Waals surface area contributed by atoms with Gasteiger partial charge in [-0.1, -0.05) is 36.4 Å². The van der Waals surface area contributed by atoms with E-state index in [9.17, 15) is 9.90 Å². The highest BCUT2D eigenvalue weighted by molar-refractivity contribution is 5.74. The molecule has 0 spiro atoms. The average Bonchev–Trinajstić information content (AvgIpc) is 3.13. The monoisotopic (exact) mass is 359 g/mol. The van der Waals surface area contributed by atoms with E-state index in [0.717, 1.165) is 22.3 Å². The topological polar surface area (TPSA) is 81.2 Å². The maximum absolute atomic E-state index is 12.0. The van der Waals surface area contributed by atoms with Crippen LogP contribution >= 0.6 is 0 Å². The van der Waals surface area contributed by atoms with E-state index < -0.39 is 5.56 Å². The Kier molecular flexibility index (Phi) is 4.08. The Labute approximate surface area is 155 Å². The van der Waals surface area contributed by atoms with Gasteiger partial charge in [0.2, 0.25) is 0 Å². The molecule has 6 nitrogen and oxygen atoms in total. The van der Waals surface area contributed by atoms with Gasteiger partial charge in [-0.2, -0.15) is 0 Å². The molecule has 4 aromatic rings. The Balaban J connectivity index is 1.78. The molecule has 0 aliphatic carbocycles. The van der Waals surface area contributed by atoms with Gasteiger partial charge in [0.05, 0.1) is 12.4 Å². The smallest absolute Gasteiger partial charge is 0.295 e. The summed E-state index contributed by atoms with van der Waals surface area (Å²) in [6, 6.07) is 15.7. The van der Waals surface area contributed by atoms with Crippen LogP contribution in [0.4, 0.5) is 0 Å². The molecule has 0 saturated heterocycles. The maximum atomic E-state index is 12.0. The van der Waals surface area contributed by atoms with Gasteiger partial charge in [-0.25, -0.2) is 9.97 Å². The molecule has 6 heteroatoms. The van der Waals surface area contributed by atoms with Crippen LogP contribution in [0.25, 0.3) is 33.8 Å². The molecule has 0 aliphatic heterocycles. The summed E-state index contributed by atoms with van der Waals surface area (Å²) in [4.78, 5) is 20.3. The van der Waals surface area contributed by atoms with Gasteiger partial charge in [-0.15, -0.1) is 0 Å². The second kappa shape index (κ2) is 6.57. The lowest BCUT2D eigenvalue weighted by Crippen LogP contribution is -2.18. The third-order valence-electron chi connectivity index (χ3n) is 4.37. The summed E-state index contributed by atoms with van der Waals surface area (Å²) in [6.07, 6.45) is 2.89. The molecule has 2 heterocycles. The van der Waals surface area contributed by atoms with Crippen LogP contribution in [0, 0.1) is 6.92 Å². The van der Waals surface area contributed by atoms with E-state index in [4.69, 9.17) is 4.42 Å². The van der Waals surface area contributed by atoms with Gasteiger partial charge in [0.25, 0.3) is 5.56 Å². The van der Waals surface area contributed by atoms with Gasteiger partial charge in [-0.3, -0.25) is 9.36 Å². The zero-order valence-electron chi connectivity index (χ0n) is 14.9. The summed E-state index contributed by atoms with van der Waals surface area (Å²) in [7, 11) is 1.59. The minimum Gasteiger partial charge on any atom is -0.502 e. The van der Waals surface area contributed by atoms with Crippen LogP contribution in [-0.4, -0.2) is 19.6 Å². The molecule has 0 fully saturated rings. The zero-order chi connectivity index (χ0) is 19.0. The Bertz CT molecular complexity index is 1190. The summed E-state index contributed by atoms with van der Waals surface area (Å²) in [5.41, 5.74) is 3.23. The third kappa shape index (κ3) is 3.13. The summed E-state index contributed by atoms with van der Waals surface area (Å²) >= 11 is 0. The summed E-state index contributed by atoms with van der Waals surface area (Å²) in [5, 5.41) is 9.53.